The largest absolute Gasteiger partial charge is 0.504 e. The van der Waals surface area contributed by atoms with Gasteiger partial charge in [0.25, 0.3) is 0 Å². The van der Waals surface area contributed by atoms with Crippen LogP contribution in [0.5, 0.6) is 11.5 Å². The van der Waals surface area contributed by atoms with Gasteiger partial charge in [0.2, 0.25) is 0 Å². The van der Waals surface area contributed by atoms with E-state index >= 15 is 0 Å². The summed E-state index contributed by atoms with van der Waals surface area (Å²) in [6.45, 7) is 4.31. The Bertz CT molecular complexity index is 337. The van der Waals surface area contributed by atoms with Gasteiger partial charge in [-0.2, -0.15) is 0 Å². The average Bonchev–Trinajstić information content (AvgIpc) is 2.21. The highest BCUT2D eigenvalue weighted by Crippen LogP contribution is 2.33. The molecular formula is C11H17NO3. The lowest BCUT2D eigenvalue weighted by Gasteiger charge is -2.13. The van der Waals surface area contributed by atoms with Gasteiger partial charge < -0.3 is 15.1 Å². The Morgan fingerprint density at radius 3 is 2.53 bits per heavy atom. The minimum atomic E-state index is 0.0726. The molecule has 0 aliphatic heterocycles. The number of ether oxygens (including phenoxy) is 1. The fraction of sp³-hybridized carbons (Fsp3) is 0.455. The molecule has 0 aliphatic rings. The van der Waals surface area contributed by atoms with E-state index in [1.165, 1.54) is 7.11 Å². The Morgan fingerprint density at radius 1 is 1.40 bits per heavy atom. The van der Waals surface area contributed by atoms with Crippen LogP contribution >= 0.6 is 0 Å². The van der Waals surface area contributed by atoms with E-state index in [2.05, 4.69) is 13.8 Å². The minimum Gasteiger partial charge on any atom is -0.504 e. The van der Waals surface area contributed by atoms with Crippen molar-refractivity contribution in [2.75, 3.05) is 7.11 Å². The van der Waals surface area contributed by atoms with Gasteiger partial charge in [-0.3, -0.25) is 0 Å². The van der Waals surface area contributed by atoms with Crippen molar-refractivity contribution in [2.45, 2.75) is 26.3 Å². The normalized spacial score (nSPS) is 10.7. The van der Waals surface area contributed by atoms with Crippen LogP contribution in [0.25, 0.3) is 0 Å². The molecule has 1 aromatic carbocycles. The minimum absolute atomic E-state index is 0.0726. The molecular weight excluding hydrogens is 194 g/mol. The van der Waals surface area contributed by atoms with E-state index in [0.717, 1.165) is 5.56 Å². The van der Waals surface area contributed by atoms with Gasteiger partial charge in [0.1, 0.15) is 0 Å². The van der Waals surface area contributed by atoms with E-state index in [-0.39, 0.29) is 12.3 Å². The smallest absolute Gasteiger partial charge is 0.162 e. The second kappa shape index (κ2) is 5.00. The summed E-state index contributed by atoms with van der Waals surface area (Å²) < 4.78 is 5.06. The maximum absolute atomic E-state index is 9.75. The molecule has 0 amide bonds. The summed E-state index contributed by atoms with van der Waals surface area (Å²) in [4.78, 5) is 0. The van der Waals surface area contributed by atoms with Crippen molar-refractivity contribution in [1.29, 1.82) is 0 Å². The Hall–Kier alpha value is -1.26. The molecule has 0 spiro atoms. The lowest BCUT2D eigenvalue weighted by molar-refractivity contribution is 0.160. The van der Waals surface area contributed by atoms with E-state index in [9.17, 15) is 5.11 Å². The van der Waals surface area contributed by atoms with Gasteiger partial charge in [0.05, 0.1) is 7.11 Å². The van der Waals surface area contributed by atoms with Crippen molar-refractivity contribution in [3.63, 3.8) is 0 Å². The van der Waals surface area contributed by atoms with E-state index < -0.39 is 0 Å². The molecule has 0 fully saturated rings. The molecule has 0 heterocycles. The Morgan fingerprint density at radius 2 is 2.07 bits per heavy atom. The molecule has 0 aliphatic carbocycles. The number of methoxy groups -OCH3 is 1. The molecule has 1 aromatic rings. The van der Waals surface area contributed by atoms with Crippen molar-refractivity contribution < 1.29 is 15.1 Å². The van der Waals surface area contributed by atoms with Crippen molar-refractivity contribution in [2.24, 2.45) is 0 Å². The third kappa shape index (κ3) is 2.61. The number of nitrogens with one attached hydrogen (secondary N) is 1. The number of phenols is 1. The maximum atomic E-state index is 9.75. The molecule has 84 valence electrons. The summed E-state index contributed by atoms with van der Waals surface area (Å²) >= 11 is 0. The average molecular weight is 211 g/mol. The zero-order valence-electron chi connectivity index (χ0n) is 9.24. The van der Waals surface area contributed by atoms with Crippen molar-refractivity contribution in [3.05, 3.63) is 23.3 Å². The monoisotopic (exact) mass is 211 g/mol. The molecule has 3 N–H and O–H groups in total. The predicted molar refractivity (Wildman–Crippen MR) is 57.4 cm³/mol. The Kier molecular flexibility index (Phi) is 3.94. The number of hydroxylamine groups is 1. The molecule has 0 atom stereocenters. The summed E-state index contributed by atoms with van der Waals surface area (Å²) in [6, 6.07) is 3.66. The van der Waals surface area contributed by atoms with E-state index in [1.54, 1.807) is 6.07 Å². The summed E-state index contributed by atoms with van der Waals surface area (Å²) in [5, 5.41) is 18.4. The van der Waals surface area contributed by atoms with Crippen molar-refractivity contribution >= 4 is 0 Å². The van der Waals surface area contributed by atoms with E-state index in [1.807, 2.05) is 11.5 Å². The molecule has 0 unspecified atom stereocenters. The fourth-order valence-electron chi connectivity index (χ4n) is 1.40. The molecule has 0 radical (unpaired) electrons. The maximum Gasteiger partial charge on any atom is 0.162 e. The van der Waals surface area contributed by atoms with Gasteiger partial charge in [-0.15, -0.1) is 0 Å². The van der Waals surface area contributed by atoms with Crippen LogP contribution in [0.3, 0.4) is 0 Å². The molecule has 4 nitrogen and oxygen atoms in total. The topological polar surface area (TPSA) is 61.7 Å². The Labute approximate surface area is 89.5 Å². The molecule has 0 bridgehead atoms. The van der Waals surface area contributed by atoms with Crippen LogP contribution in [-0.2, 0) is 6.54 Å². The first-order valence-electron chi connectivity index (χ1n) is 4.86. The van der Waals surface area contributed by atoms with Crippen LogP contribution in [0.2, 0.25) is 0 Å². The third-order valence-corrected chi connectivity index (χ3v) is 2.33. The number of hydrogen-bond acceptors (Lipinski definition) is 4. The molecule has 0 saturated carbocycles. The molecule has 15 heavy (non-hydrogen) atoms. The lowest BCUT2D eigenvalue weighted by atomic mass is 9.99. The second-order valence-corrected chi connectivity index (χ2v) is 3.72. The van der Waals surface area contributed by atoms with Gasteiger partial charge in [0.15, 0.2) is 11.5 Å². The van der Waals surface area contributed by atoms with Crippen LogP contribution < -0.4 is 10.2 Å². The quantitative estimate of drug-likeness (QED) is 0.667. The van der Waals surface area contributed by atoms with Gasteiger partial charge in [0, 0.05) is 12.1 Å². The van der Waals surface area contributed by atoms with Gasteiger partial charge in [-0.25, -0.2) is 5.48 Å². The molecule has 0 saturated heterocycles. The fourth-order valence-corrected chi connectivity index (χ4v) is 1.40. The van der Waals surface area contributed by atoms with Crippen LogP contribution in [0.4, 0.5) is 0 Å². The second-order valence-electron chi connectivity index (χ2n) is 3.72. The zero-order chi connectivity index (χ0) is 11.4. The van der Waals surface area contributed by atoms with Crippen molar-refractivity contribution in [1.82, 2.24) is 5.48 Å². The van der Waals surface area contributed by atoms with Gasteiger partial charge >= 0.3 is 0 Å². The highest BCUT2D eigenvalue weighted by Gasteiger charge is 2.11. The number of aromatic hydroxyl groups is 1. The third-order valence-electron chi connectivity index (χ3n) is 2.33. The summed E-state index contributed by atoms with van der Waals surface area (Å²) in [7, 11) is 1.51. The summed E-state index contributed by atoms with van der Waals surface area (Å²) in [6.07, 6.45) is 0. The van der Waals surface area contributed by atoms with Gasteiger partial charge in [-0.05, 0) is 17.5 Å². The van der Waals surface area contributed by atoms with Gasteiger partial charge in [-0.1, -0.05) is 19.9 Å². The standard InChI is InChI=1S/C11H17NO3/c1-7(2)8-4-9(6-12-14)11(13)10(5-8)15-3/h4-5,7,12-14H,6H2,1-3H3. The first-order valence-corrected chi connectivity index (χ1v) is 4.86. The first kappa shape index (κ1) is 11.8. The molecule has 1 rings (SSSR count). The number of phenolic OH excluding ortho intramolecular Hbond substituents is 1. The van der Waals surface area contributed by atoms with Crippen LogP contribution in [0.15, 0.2) is 12.1 Å². The number of rotatable bonds is 4. The number of hydrogen-bond donors (Lipinski definition) is 3. The summed E-state index contributed by atoms with van der Waals surface area (Å²) in [5.41, 5.74) is 3.72. The zero-order valence-corrected chi connectivity index (χ0v) is 9.24. The first-order chi connectivity index (χ1) is 7.10. The van der Waals surface area contributed by atoms with E-state index in [0.29, 0.717) is 17.2 Å². The van der Waals surface area contributed by atoms with Crippen LogP contribution in [0.1, 0.15) is 30.9 Å². The van der Waals surface area contributed by atoms with Crippen LogP contribution in [-0.4, -0.2) is 17.4 Å². The Balaban J connectivity index is 3.19. The number of benzene rings is 1. The predicted octanol–water partition coefficient (Wildman–Crippen LogP) is 2.00. The van der Waals surface area contributed by atoms with Crippen LogP contribution in [0, 0.1) is 0 Å². The van der Waals surface area contributed by atoms with E-state index in [4.69, 9.17) is 9.94 Å². The molecule has 4 heteroatoms. The SMILES string of the molecule is COc1cc(C(C)C)cc(CNO)c1O. The highest BCUT2D eigenvalue weighted by atomic mass is 16.5. The lowest BCUT2D eigenvalue weighted by Crippen LogP contribution is -2.07. The van der Waals surface area contributed by atoms with Crippen molar-refractivity contribution in [3.8, 4) is 11.5 Å². The molecule has 0 aromatic heterocycles. The highest BCUT2D eigenvalue weighted by molar-refractivity contribution is 5.49. The summed E-state index contributed by atoms with van der Waals surface area (Å²) in [5.74, 6) is 0.854.